The van der Waals surface area contributed by atoms with Gasteiger partial charge in [0.05, 0.1) is 20.4 Å². The molecule has 31 heavy (non-hydrogen) atoms. The molecule has 8 nitrogen and oxygen atoms in total. The van der Waals surface area contributed by atoms with E-state index in [1.54, 1.807) is 18.2 Å². The predicted octanol–water partition coefficient (Wildman–Crippen LogP) is 5.11. The van der Waals surface area contributed by atoms with Crippen molar-refractivity contribution in [1.29, 1.82) is 0 Å². The minimum Gasteiger partial charge on any atom is -0.300 e. The van der Waals surface area contributed by atoms with Crippen LogP contribution in [0, 0.1) is 24.0 Å². The Bertz CT molecular complexity index is 1240. The standard InChI is InChI=1S/C20H15N5O3S3/c1-11-3-6-14(7-4-11)21-19-22-18(26)17(30-19)10-13-5-8-16(15(9-13)25(27)28)31-20-24-23-12(2)29-20/h3-10H,1-2H3,(H,21,22,26)/b17-10-. The Morgan fingerprint density at radius 1 is 1.16 bits per heavy atom. The molecule has 4 rings (SSSR count). The fourth-order valence-electron chi connectivity index (χ4n) is 2.64. The Hall–Kier alpha value is -3.02. The lowest BCUT2D eigenvalue weighted by molar-refractivity contribution is -0.387. The maximum Gasteiger partial charge on any atom is 0.283 e. The van der Waals surface area contributed by atoms with Crippen LogP contribution in [0.3, 0.4) is 0 Å². The zero-order valence-corrected chi connectivity index (χ0v) is 18.8. The number of aryl methyl sites for hydroxylation is 2. The molecule has 1 fully saturated rings. The highest BCUT2D eigenvalue weighted by molar-refractivity contribution is 8.18. The summed E-state index contributed by atoms with van der Waals surface area (Å²) in [4.78, 5) is 28.8. The number of rotatable bonds is 5. The molecule has 2 heterocycles. The van der Waals surface area contributed by atoms with Crippen LogP contribution in [0.5, 0.6) is 0 Å². The summed E-state index contributed by atoms with van der Waals surface area (Å²) in [5.74, 6) is -0.290. The molecule has 1 aliphatic rings. The average molecular weight is 470 g/mol. The van der Waals surface area contributed by atoms with Crippen molar-refractivity contribution in [3.05, 3.63) is 73.6 Å². The molecule has 2 aromatic carbocycles. The lowest BCUT2D eigenvalue weighted by atomic mass is 10.2. The molecule has 11 heteroatoms. The van der Waals surface area contributed by atoms with Crippen molar-refractivity contribution in [3.8, 4) is 0 Å². The van der Waals surface area contributed by atoms with Gasteiger partial charge in [-0.1, -0.05) is 46.9 Å². The maximum atomic E-state index is 12.3. The zero-order chi connectivity index (χ0) is 22.0. The molecule has 156 valence electrons. The van der Waals surface area contributed by atoms with E-state index in [9.17, 15) is 14.9 Å². The van der Waals surface area contributed by atoms with Gasteiger partial charge in [0.15, 0.2) is 9.51 Å². The van der Waals surface area contributed by atoms with Gasteiger partial charge in [0.1, 0.15) is 5.01 Å². The number of nitrogens with zero attached hydrogens (tertiary/aromatic N) is 4. The van der Waals surface area contributed by atoms with Crippen LogP contribution in [0.25, 0.3) is 6.08 Å². The molecular weight excluding hydrogens is 454 g/mol. The molecule has 0 unspecified atom stereocenters. The first-order chi connectivity index (χ1) is 14.9. The molecule has 1 aliphatic heterocycles. The van der Waals surface area contributed by atoms with E-state index >= 15 is 0 Å². The summed E-state index contributed by atoms with van der Waals surface area (Å²) >= 11 is 3.76. The normalized spacial score (nSPS) is 16.1. The molecule has 1 saturated heterocycles. The Morgan fingerprint density at radius 2 is 1.94 bits per heavy atom. The summed E-state index contributed by atoms with van der Waals surface area (Å²) in [6, 6.07) is 12.5. The van der Waals surface area contributed by atoms with E-state index in [-0.39, 0.29) is 11.6 Å². The molecule has 0 aliphatic carbocycles. The van der Waals surface area contributed by atoms with Crippen LogP contribution >= 0.6 is 34.9 Å². The first kappa shape index (κ1) is 21.2. The number of nitro groups is 1. The first-order valence-electron chi connectivity index (χ1n) is 9.00. The number of thioether (sulfide) groups is 1. The van der Waals surface area contributed by atoms with Gasteiger partial charge >= 0.3 is 0 Å². The number of aliphatic imine (C=N–C) groups is 1. The number of benzene rings is 2. The van der Waals surface area contributed by atoms with Gasteiger partial charge in [-0.25, -0.2) is 4.99 Å². The van der Waals surface area contributed by atoms with Crippen LogP contribution in [0.15, 0.2) is 61.6 Å². The lowest BCUT2D eigenvalue weighted by Crippen LogP contribution is -2.19. The van der Waals surface area contributed by atoms with Gasteiger partial charge in [-0.3, -0.25) is 14.9 Å². The van der Waals surface area contributed by atoms with Gasteiger partial charge in [0, 0.05) is 6.07 Å². The van der Waals surface area contributed by atoms with E-state index in [0.29, 0.717) is 24.9 Å². The Morgan fingerprint density at radius 3 is 2.61 bits per heavy atom. The summed E-state index contributed by atoms with van der Waals surface area (Å²) < 4.78 is 0.634. The summed E-state index contributed by atoms with van der Waals surface area (Å²) in [6.45, 7) is 3.81. The highest BCUT2D eigenvalue weighted by Gasteiger charge is 2.24. The number of nitrogens with one attached hydrogen (secondary N) is 1. The third kappa shape index (κ3) is 5.19. The van der Waals surface area contributed by atoms with Crippen molar-refractivity contribution in [2.75, 3.05) is 0 Å². The van der Waals surface area contributed by atoms with Gasteiger partial charge in [0.25, 0.3) is 11.6 Å². The van der Waals surface area contributed by atoms with Gasteiger partial charge in [0.2, 0.25) is 0 Å². The van der Waals surface area contributed by atoms with E-state index in [0.717, 1.165) is 16.3 Å². The molecule has 1 N–H and O–H groups in total. The van der Waals surface area contributed by atoms with Gasteiger partial charge < -0.3 is 5.32 Å². The lowest BCUT2D eigenvalue weighted by Gasteiger charge is -2.02. The number of nitro benzene ring substituents is 1. The number of amides is 1. The number of amidine groups is 1. The van der Waals surface area contributed by atoms with Gasteiger partial charge in [-0.05, 0) is 55.4 Å². The van der Waals surface area contributed by atoms with Crippen molar-refractivity contribution >= 4 is 63.4 Å². The number of hydrogen-bond acceptors (Lipinski definition) is 9. The smallest absolute Gasteiger partial charge is 0.283 e. The fraction of sp³-hybridized carbons (Fsp3) is 0.100. The van der Waals surface area contributed by atoms with Crippen LogP contribution in [0.2, 0.25) is 0 Å². The van der Waals surface area contributed by atoms with E-state index in [2.05, 4.69) is 20.5 Å². The number of carbonyl (C=O) groups is 1. The fourth-order valence-corrected chi connectivity index (χ4v) is 5.33. The van der Waals surface area contributed by atoms with E-state index < -0.39 is 4.92 Å². The molecule has 0 radical (unpaired) electrons. The minimum atomic E-state index is -0.440. The molecule has 0 spiro atoms. The zero-order valence-electron chi connectivity index (χ0n) is 16.4. The molecule has 0 bridgehead atoms. The monoisotopic (exact) mass is 469 g/mol. The van der Waals surface area contributed by atoms with E-state index in [4.69, 9.17) is 0 Å². The molecule has 1 aromatic heterocycles. The number of carbonyl (C=O) groups excluding carboxylic acids is 1. The van der Waals surface area contributed by atoms with Crippen LogP contribution in [0.1, 0.15) is 16.1 Å². The second-order valence-corrected chi connectivity index (χ2v) is 9.99. The van der Waals surface area contributed by atoms with Gasteiger partial charge in [-0.15, -0.1) is 10.2 Å². The topological polar surface area (TPSA) is 110 Å². The summed E-state index contributed by atoms with van der Waals surface area (Å²) in [6.07, 6.45) is 1.62. The van der Waals surface area contributed by atoms with Crippen LogP contribution in [-0.2, 0) is 4.79 Å². The second kappa shape index (κ2) is 9.00. The molecule has 0 atom stereocenters. The molecule has 1 amide bonds. The molecule has 0 saturated carbocycles. The number of aromatic nitrogens is 2. The average Bonchev–Trinajstić information content (AvgIpc) is 3.29. The first-order valence-corrected chi connectivity index (χ1v) is 11.4. The van der Waals surface area contributed by atoms with Crippen molar-refractivity contribution in [1.82, 2.24) is 15.5 Å². The highest BCUT2D eigenvalue weighted by atomic mass is 32.2. The Balaban J connectivity index is 1.57. The van der Waals surface area contributed by atoms with Crippen LogP contribution in [0.4, 0.5) is 11.4 Å². The minimum absolute atomic E-state index is 0.0517. The van der Waals surface area contributed by atoms with Crippen molar-refractivity contribution in [2.45, 2.75) is 23.1 Å². The maximum absolute atomic E-state index is 12.3. The van der Waals surface area contributed by atoms with Crippen LogP contribution in [-0.4, -0.2) is 26.2 Å². The van der Waals surface area contributed by atoms with Crippen molar-refractivity contribution in [2.24, 2.45) is 4.99 Å². The largest absolute Gasteiger partial charge is 0.300 e. The quantitative estimate of drug-likeness (QED) is 0.314. The molecular formula is C20H15N5O3S3. The van der Waals surface area contributed by atoms with Crippen LogP contribution < -0.4 is 5.32 Å². The summed E-state index contributed by atoms with van der Waals surface area (Å²) in [5, 5.41) is 23.5. The molecule has 3 aromatic rings. The van der Waals surface area contributed by atoms with Crippen molar-refractivity contribution in [3.63, 3.8) is 0 Å². The second-order valence-electron chi connectivity index (χ2n) is 6.49. The third-order valence-electron chi connectivity index (χ3n) is 4.10. The van der Waals surface area contributed by atoms with Crippen molar-refractivity contribution < 1.29 is 9.72 Å². The van der Waals surface area contributed by atoms with E-state index in [1.165, 1.54) is 40.9 Å². The third-order valence-corrected chi connectivity index (χ3v) is 6.96. The SMILES string of the molecule is Cc1ccc(N=C2NC(=O)/C(=C/c3ccc(Sc4nnc(C)s4)c([N+](=O)[O-])c3)S2)cc1. The Labute approximate surface area is 190 Å². The summed E-state index contributed by atoms with van der Waals surface area (Å²) in [5.41, 5.74) is 2.36. The predicted molar refractivity (Wildman–Crippen MR) is 124 cm³/mol. The van der Waals surface area contributed by atoms with E-state index in [1.807, 2.05) is 38.1 Å². The number of hydrogen-bond donors (Lipinski definition) is 1. The Kier molecular flexibility index (Phi) is 6.16. The summed E-state index contributed by atoms with van der Waals surface area (Å²) in [7, 11) is 0. The highest BCUT2D eigenvalue weighted by Crippen LogP contribution is 2.37. The van der Waals surface area contributed by atoms with Gasteiger partial charge in [-0.2, -0.15) is 0 Å².